The van der Waals surface area contributed by atoms with Gasteiger partial charge in [0, 0.05) is 18.3 Å². The third-order valence-corrected chi connectivity index (χ3v) is 3.37. The van der Waals surface area contributed by atoms with Gasteiger partial charge in [-0.1, -0.05) is 19.1 Å². The van der Waals surface area contributed by atoms with Crippen LogP contribution in [0, 0.1) is 5.92 Å². The van der Waals surface area contributed by atoms with E-state index in [0.717, 1.165) is 17.0 Å². The van der Waals surface area contributed by atoms with Gasteiger partial charge in [0.05, 0.1) is 0 Å². The lowest BCUT2D eigenvalue weighted by molar-refractivity contribution is -0.274. The summed E-state index contributed by atoms with van der Waals surface area (Å²) < 4.78 is 50.6. The summed E-state index contributed by atoms with van der Waals surface area (Å²) >= 11 is 0. The summed E-state index contributed by atoms with van der Waals surface area (Å²) in [6.07, 6.45) is -5.56. The van der Waals surface area contributed by atoms with Gasteiger partial charge in [0.15, 0.2) is 0 Å². The van der Waals surface area contributed by atoms with E-state index in [-0.39, 0.29) is 24.9 Å². The first kappa shape index (κ1) is 19.6. The highest BCUT2D eigenvalue weighted by Gasteiger charge is 2.37. The molecule has 7 nitrogen and oxygen atoms in total. The molecule has 0 spiro atoms. The maximum absolute atomic E-state index is 12.3. The first-order valence-corrected chi connectivity index (χ1v) is 7.55. The van der Waals surface area contributed by atoms with E-state index < -0.39 is 30.4 Å². The van der Waals surface area contributed by atoms with Crippen LogP contribution >= 0.6 is 0 Å². The standard InChI is InChI=1S/C16H17F3N2O5/c1-3-10(2)8-20-15(23)25-14-13(22)21(9-24-14)11-5-4-6-12(7-11)26-16(17,18)19/h3-7,10,14H,1,8-9H2,2H3,(H,20,23). The summed E-state index contributed by atoms with van der Waals surface area (Å²) in [7, 11) is 0. The van der Waals surface area contributed by atoms with Crippen LogP contribution in [0.1, 0.15) is 6.92 Å². The van der Waals surface area contributed by atoms with Gasteiger partial charge in [-0.3, -0.25) is 9.69 Å². The lowest BCUT2D eigenvalue weighted by atomic mass is 10.2. The Balaban J connectivity index is 1.97. The third kappa shape index (κ3) is 5.38. The van der Waals surface area contributed by atoms with Crippen molar-refractivity contribution in [3.63, 3.8) is 0 Å². The highest BCUT2D eigenvalue weighted by Crippen LogP contribution is 2.29. The zero-order valence-corrected chi connectivity index (χ0v) is 13.8. The van der Waals surface area contributed by atoms with Gasteiger partial charge < -0.3 is 19.5 Å². The minimum atomic E-state index is -4.85. The predicted octanol–water partition coefficient (Wildman–Crippen LogP) is 2.78. The van der Waals surface area contributed by atoms with Gasteiger partial charge in [-0.05, 0) is 18.1 Å². The number of carbonyl (C=O) groups excluding carboxylic acids is 2. The fourth-order valence-corrected chi connectivity index (χ4v) is 2.01. The van der Waals surface area contributed by atoms with E-state index >= 15 is 0 Å². The average Bonchev–Trinajstić information content (AvgIpc) is 2.92. The molecule has 2 amide bonds. The summed E-state index contributed by atoms with van der Waals surface area (Å²) in [5, 5.41) is 2.44. The molecular weight excluding hydrogens is 357 g/mol. The van der Waals surface area contributed by atoms with Crippen LogP contribution in [0.25, 0.3) is 0 Å². The van der Waals surface area contributed by atoms with Gasteiger partial charge >= 0.3 is 12.5 Å². The fourth-order valence-electron chi connectivity index (χ4n) is 2.01. The molecule has 0 saturated carbocycles. The molecule has 0 aliphatic carbocycles. The second-order valence-electron chi connectivity index (χ2n) is 5.44. The smallest absolute Gasteiger partial charge is 0.410 e. The molecule has 142 valence electrons. The van der Waals surface area contributed by atoms with Crippen LogP contribution in [0.2, 0.25) is 0 Å². The number of hydrogen-bond acceptors (Lipinski definition) is 5. The molecule has 0 aromatic heterocycles. The fraction of sp³-hybridized carbons (Fsp3) is 0.375. The first-order chi connectivity index (χ1) is 12.2. The molecule has 2 atom stereocenters. The first-order valence-electron chi connectivity index (χ1n) is 7.55. The van der Waals surface area contributed by atoms with E-state index in [1.54, 1.807) is 6.08 Å². The van der Waals surface area contributed by atoms with Crippen LogP contribution < -0.4 is 15.0 Å². The molecule has 1 heterocycles. The Labute approximate surface area is 147 Å². The number of halogens is 3. The monoisotopic (exact) mass is 374 g/mol. The van der Waals surface area contributed by atoms with Crippen LogP contribution in [0.15, 0.2) is 36.9 Å². The normalized spacial score (nSPS) is 18.4. The van der Waals surface area contributed by atoms with Crippen molar-refractivity contribution in [2.45, 2.75) is 19.6 Å². The van der Waals surface area contributed by atoms with Crippen LogP contribution in [0.4, 0.5) is 23.7 Å². The van der Waals surface area contributed by atoms with E-state index in [1.165, 1.54) is 12.1 Å². The number of nitrogens with one attached hydrogen (secondary N) is 1. The number of rotatable bonds is 6. The van der Waals surface area contributed by atoms with E-state index in [9.17, 15) is 22.8 Å². The molecule has 1 fully saturated rings. The predicted molar refractivity (Wildman–Crippen MR) is 84.2 cm³/mol. The van der Waals surface area contributed by atoms with Crippen LogP contribution in [-0.4, -0.2) is 37.9 Å². The summed E-state index contributed by atoms with van der Waals surface area (Å²) in [4.78, 5) is 24.9. The highest BCUT2D eigenvalue weighted by molar-refractivity contribution is 5.98. The van der Waals surface area contributed by atoms with E-state index in [1.807, 2.05) is 6.92 Å². The summed E-state index contributed by atoms with van der Waals surface area (Å²) in [6, 6.07) is 4.82. The highest BCUT2D eigenvalue weighted by atomic mass is 19.4. The van der Waals surface area contributed by atoms with Gasteiger partial charge in [0.2, 0.25) is 0 Å². The quantitative estimate of drug-likeness (QED) is 0.775. The second kappa shape index (κ2) is 8.09. The maximum Gasteiger partial charge on any atom is 0.573 e. The molecule has 1 aromatic rings. The summed E-state index contributed by atoms with van der Waals surface area (Å²) in [5.41, 5.74) is 0.114. The molecule has 26 heavy (non-hydrogen) atoms. The average molecular weight is 374 g/mol. The van der Waals surface area contributed by atoms with Crippen LogP contribution in [0.3, 0.4) is 0 Å². The molecule has 0 bridgehead atoms. The van der Waals surface area contributed by atoms with Gasteiger partial charge in [0.25, 0.3) is 12.2 Å². The Morgan fingerprint density at radius 3 is 2.92 bits per heavy atom. The number of hydrogen-bond donors (Lipinski definition) is 1. The number of nitrogens with zero attached hydrogens (tertiary/aromatic N) is 1. The lowest BCUT2D eigenvalue weighted by Crippen LogP contribution is -2.36. The molecule has 10 heteroatoms. The number of ether oxygens (including phenoxy) is 3. The Morgan fingerprint density at radius 2 is 2.27 bits per heavy atom. The van der Waals surface area contributed by atoms with Crippen molar-refractivity contribution in [1.29, 1.82) is 0 Å². The Hall–Kier alpha value is -2.75. The molecule has 1 aliphatic heterocycles. The number of anilines is 1. The van der Waals surface area contributed by atoms with Crippen molar-refractivity contribution in [2.24, 2.45) is 5.92 Å². The Bertz CT molecular complexity index is 680. The number of amides is 2. The van der Waals surface area contributed by atoms with Crippen LogP contribution in [0.5, 0.6) is 5.75 Å². The van der Waals surface area contributed by atoms with Crippen molar-refractivity contribution >= 4 is 17.7 Å². The molecule has 1 saturated heterocycles. The van der Waals surface area contributed by atoms with E-state index in [0.29, 0.717) is 0 Å². The third-order valence-electron chi connectivity index (χ3n) is 3.37. The zero-order chi connectivity index (χ0) is 19.3. The van der Waals surface area contributed by atoms with E-state index in [2.05, 4.69) is 16.6 Å². The number of alkyl carbamates (subject to hydrolysis) is 1. The molecule has 2 unspecified atom stereocenters. The van der Waals surface area contributed by atoms with Gasteiger partial charge in [-0.15, -0.1) is 19.8 Å². The second-order valence-corrected chi connectivity index (χ2v) is 5.44. The molecule has 1 aliphatic rings. The zero-order valence-electron chi connectivity index (χ0n) is 13.8. The van der Waals surface area contributed by atoms with Gasteiger partial charge in [-0.2, -0.15) is 0 Å². The Morgan fingerprint density at radius 1 is 1.54 bits per heavy atom. The molecule has 1 aromatic carbocycles. The van der Waals surface area contributed by atoms with Crippen molar-refractivity contribution in [1.82, 2.24) is 5.32 Å². The molecule has 1 N–H and O–H groups in total. The maximum atomic E-state index is 12.3. The van der Waals surface area contributed by atoms with Crippen molar-refractivity contribution < 1.29 is 37.0 Å². The number of alkyl halides is 3. The van der Waals surface area contributed by atoms with E-state index in [4.69, 9.17) is 9.47 Å². The van der Waals surface area contributed by atoms with Crippen molar-refractivity contribution in [3.05, 3.63) is 36.9 Å². The summed E-state index contributed by atoms with van der Waals surface area (Å²) in [5.74, 6) is -1.19. The topological polar surface area (TPSA) is 77.1 Å². The van der Waals surface area contributed by atoms with Crippen LogP contribution in [-0.2, 0) is 14.3 Å². The van der Waals surface area contributed by atoms with Gasteiger partial charge in [0.1, 0.15) is 12.5 Å². The number of carbonyl (C=O) groups is 2. The molecule has 0 radical (unpaired) electrons. The Kier molecular flexibility index (Phi) is 6.09. The summed E-state index contributed by atoms with van der Waals surface area (Å²) in [6.45, 7) is 5.38. The minimum Gasteiger partial charge on any atom is -0.410 e. The van der Waals surface area contributed by atoms with Crippen molar-refractivity contribution in [2.75, 3.05) is 18.2 Å². The number of benzene rings is 1. The van der Waals surface area contributed by atoms with Gasteiger partial charge in [-0.25, -0.2) is 4.79 Å². The largest absolute Gasteiger partial charge is 0.573 e. The van der Waals surface area contributed by atoms with Crippen molar-refractivity contribution in [3.8, 4) is 5.75 Å². The molecule has 2 rings (SSSR count). The molecular formula is C16H17F3N2O5. The SMILES string of the molecule is C=CC(C)CNC(=O)OC1OCN(c2cccc(OC(F)(F)F)c2)C1=O. The lowest BCUT2D eigenvalue weighted by Gasteiger charge is -2.16. The minimum absolute atomic E-state index is 0.00983.